The lowest BCUT2D eigenvalue weighted by molar-refractivity contribution is 0.198. The van der Waals surface area contributed by atoms with Gasteiger partial charge in [-0.1, -0.05) is 11.6 Å². The van der Waals surface area contributed by atoms with E-state index in [0.29, 0.717) is 22.9 Å². The van der Waals surface area contributed by atoms with Crippen LogP contribution in [0.1, 0.15) is 12.0 Å². The molecule has 0 bridgehead atoms. The third-order valence-corrected chi connectivity index (χ3v) is 2.69. The number of nitrogens with one attached hydrogen (secondary N) is 1. The fourth-order valence-corrected chi connectivity index (χ4v) is 1.74. The van der Waals surface area contributed by atoms with Gasteiger partial charge < -0.3 is 19.9 Å². The Morgan fingerprint density at radius 2 is 2.12 bits per heavy atom. The molecule has 0 fully saturated rings. The van der Waals surface area contributed by atoms with E-state index in [4.69, 9.17) is 26.2 Å². The molecule has 0 unspecified atom stereocenters. The number of hydrogen-bond acceptors (Lipinski definition) is 4. The van der Waals surface area contributed by atoms with Gasteiger partial charge in [-0.2, -0.15) is 0 Å². The van der Waals surface area contributed by atoms with Crippen LogP contribution in [0.4, 0.5) is 5.69 Å². The molecule has 1 aromatic rings. The second-order valence-corrected chi connectivity index (χ2v) is 3.98. The van der Waals surface area contributed by atoms with E-state index in [1.165, 1.54) is 0 Å². The first-order valence-corrected chi connectivity index (χ1v) is 5.80. The molecule has 1 aromatic carbocycles. The second-order valence-electron chi connectivity index (χ2n) is 3.58. The molecule has 4 nitrogen and oxygen atoms in total. The lowest BCUT2D eigenvalue weighted by atomic mass is 10.2. The summed E-state index contributed by atoms with van der Waals surface area (Å²) in [5, 5.41) is 12.9. The van der Waals surface area contributed by atoms with Crippen LogP contribution in [-0.4, -0.2) is 32.5 Å². The molecule has 0 heterocycles. The van der Waals surface area contributed by atoms with Gasteiger partial charge in [0.25, 0.3) is 0 Å². The Hall–Kier alpha value is -0.970. The lowest BCUT2D eigenvalue weighted by Crippen LogP contribution is -2.05. The van der Waals surface area contributed by atoms with Crippen LogP contribution in [-0.2, 0) is 11.3 Å². The summed E-state index contributed by atoms with van der Waals surface area (Å²) in [4.78, 5) is 0. The quantitative estimate of drug-likeness (QED) is 0.738. The van der Waals surface area contributed by atoms with Crippen LogP contribution < -0.4 is 10.1 Å². The first-order valence-electron chi connectivity index (χ1n) is 5.43. The zero-order valence-electron chi connectivity index (χ0n) is 10.1. The molecule has 0 radical (unpaired) electrons. The zero-order chi connectivity index (χ0) is 12.7. The summed E-state index contributed by atoms with van der Waals surface area (Å²) in [6, 6.07) is 3.50. The van der Waals surface area contributed by atoms with Gasteiger partial charge in [-0.15, -0.1) is 0 Å². The number of anilines is 1. The number of aliphatic hydroxyl groups is 1. The average molecular weight is 260 g/mol. The minimum Gasteiger partial charge on any atom is -0.496 e. The van der Waals surface area contributed by atoms with Gasteiger partial charge in [-0.05, 0) is 12.5 Å². The molecule has 2 N–H and O–H groups in total. The van der Waals surface area contributed by atoms with Crippen molar-refractivity contribution in [3.8, 4) is 5.75 Å². The molecule has 0 spiro atoms. The molecule has 17 heavy (non-hydrogen) atoms. The zero-order valence-corrected chi connectivity index (χ0v) is 10.9. The number of hydrogen-bond donors (Lipinski definition) is 2. The van der Waals surface area contributed by atoms with Crippen molar-refractivity contribution in [1.29, 1.82) is 0 Å². The number of rotatable bonds is 7. The molecule has 5 heteroatoms. The molecule has 0 aliphatic rings. The normalized spacial score (nSPS) is 10.4. The number of ether oxygens (including phenoxy) is 2. The summed E-state index contributed by atoms with van der Waals surface area (Å²) >= 11 is 6.09. The van der Waals surface area contributed by atoms with Crippen LogP contribution in [0.2, 0.25) is 5.02 Å². The lowest BCUT2D eigenvalue weighted by Gasteiger charge is -2.13. The van der Waals surface area contributed by atoms with E-state index in [1.807, 2.05) is 0 Å². The molecule has 0 amide bonds. The van der Waals surface area contributed by atoms with Crippen molar-refractivity contribution < 1.29 is 14.6 Å². The summed E-state index contributed by atoms with van der Waals surface area (Å²) in [7, 11) is 3.24. The fourth-order valence-electron chi connectivity index (χ4n) is 1.48. The van der Waals surface area contributed by atoms with Gasteiger partial charge in [-0.25, -0.2) is 0 Å². The number of methoxy groups -OCH3 is 2. The van der Waals surface area contributed by atoms with Crippen LogP contribution >= 0.6 is 11.6 Å². The van der Waals surface area contributed by atoms with Gasteiger partial charge >= 0.3 is 0 Å². The largest absolute Gasteiger partial charge is 0.496 e. The first-order chi connectivity index (χ1) is 8.22. The van der Waals surface area contributed by atoms with Gasteiger partial charge in [0.2, 0.25) is 0 Å². The summed E-state index contributed by atoms with van der Waals surface area (Å²) < 4.78 is 10.1. The summed E-state index contributed by atoms with van der Waals surface area (Å²) in [5.41, 5.74) is 1.48. The van der Waals surface area contributed by atoms with Crippen LogP contribution in [0.5, 0.6) is 5.75 Å². The Bertz CT molecular complexity index is 358. The van der Waals surface area contributed by atoms with Crippen LogP contribution in [0.25, 0.3) is 0 Å². The van der Waals surface area contributed by atoms with Gasteiger partial charge in [0.05, 0.1) is 24.4 Å². The molecule has 0 saturated heterocycles. The summed E-state index contributed by atoms with van der Waals surface area (Å²) in [5.74, 6) is 0.631. The van der Waals surface area contributed by atoms with E-state index >= 15 is 0 Å². The van der Waals surface area contributed by atoms with Crippen molar-refractivity contribution in [2.75, 3.05) is 32.7 Å². The SMILES string of the molecule is COCCCNc1cc(OC)c(CO)cc1Cl. The molecule has 0 atom stereocenters. The van der Waals surface area contributed by atoms with Crippen LogP contribution in [0, 0.1) is 0 Å². The Morgan fingerprint density at radius 3 is 2.71 bits per heavy atom. The maximum absolute atomic E-state index is 9.14. The van der Waals surface area contributed by atoms with Crippen LogP contribution in [0.3, 0.4) is 0 Å². The van der Waals surface area contributed by atoms with E-state index in [-0.39, 0.29) is 6.61 Å². The highest BCUT2D eigenvalue weighted by molar-refractivity contribution is 6.33. The summed E-state index contributed by atoms with van der Waals surface area (Å²) in [6.45, 7) is 1.39. The van der Waals surface area contributed by atoms with Crippen LogP contribution in [0.15, 0.2) is 12.1 Å². The van der Waals surface area contributed by atoms with Gasteiger partial charge in [0.15, 0.2) is 0 Å². The Balaban J connectivity index is 2.71. The van der Waals surface area contributed by atoms with E-state index in [0.717, 1.165) is 18.7 Å². The van der Waals surface area contributed by atoms with Gasteiger partial charge in [0.1, 0.15) is 5.75 Å². The van der Waals surface area contributed by atoms with E-state index in [1.54, 1.807) is 26.4 Å². The number of aliphatic hydroxyl groups excluding tert-OH is 1. The van der Waals surface area contributed by atoms with Crippen molar-refractivity contribution in [3.05, 3.63) is 22.7 Å². The topological polar surface area (TPSA) is 50.7 Å². The predicted octanol–water partition coefficient (Wildman–Crippen LogP) is 2.29. The number of benzene rings is 1. The molecule has 0 saturated carbocycles. The Labute approximate surface area is 106 Å². The van der Waals surface area contributed by atoms with Gasteiger partial charge in [-0.3, -0.25) is 0 Å². The maximum Gasteiger partial charge on any atom is 0.126 e. The average Bonchev–Trinajstić information content (AvgIpc) is 2.35. The Kier molecular flexibility index (Phi) is 6.11. The third kappa shape index (κ3) is 4.07. The molecular weight excluding hydrogens is 242 g/mol. The summed E-state index contributed by atoms with van der Waals surface area (Å²) in [6.07, 6.45) is 0.900. The fraction of sp³-hybridized carbons (Fsp3) is 0.500. The highest BCUT2D eigenvalue weighted by atomic mass is 35.5. The van der Waals surface area contributed by atoms with Crippen molar-refractivity contribution in [2.45, 2.75) is 13.0 Å². The highest BCUT2D eigenvalue weighted by Crippen LogP contribution is 2.30. The highest BCUT2D eigenvalue weighted by Gasteiger charge is 2.08. The van der Waals surface area contributed by atoms with Gasteiger partial charge in [0, 0.05) is 31.9 Å². The smallest absolute Gasteiger partial charge is 0.126 e. The second kappa shape index (κ2) is 7.37. The molecule has 1 rings (SSSR count). The molecule has 0 aliphatic heterocycles. The van der Waals surface area contributed by atoms with Crippen molar-refractivity contribution in [1.82, 2.24) is 0 Å². The van der Waals surface area contributed by atoms with E-state index < -0.39 is 0 Å². The molecule has 96 valence electrons. The Morgan fingerprint density at radius 1 is 1.35 bits per heavy atom. The monoisotopic (exact) mass is 259 g/mol. The van der Waals surface area contributed by atoms with Crippen molar-refractivity contribution in [2.24, 2.45) is 0 Å². The van der Waals surface area contributed by atoms with Crippen molar-refractivity contribution in [3.63, 3.8) is 0 Å². The minimum absolute atomic E-state index is 0.0904. The standard InChI is InChI=1S/C12H18ClNO3/c1-16-5-3-4-14-11-7-12(17-2)9(8-15)6-10(11)13/h6-7,14-15H,3-5,8H2,1-2H3. The molecule has 0 aromatic heterocycles. The van der Waals surface area contributed by atoms with E-state index in [2.05, 4.69) is 5.32 Å². The van der Waals surface area contributed by atoms with E-state index in [9.17, 15) is 0 Å². The van der Waals surface area contributed by atoms with Crippen molar-refractivity contribution >= 4 is 17.3 Å². The maximum atomic E-state index is 9.14. The number of halogens is 1. The molecular formula is C12H18ClNO3. The third-order valence-electron chi connectivity index (χ3n) is 2.38. The first kappa shape index (κ1) is 14.1. The minimum atomic E-state index is -0.0904. The predicted molar refractivity (Wildman–Crippen MR) is 68.9 cm³/mol. The molecule has 0 aliphatic carbocycles.